The van der Waals surface area contributed by atoms with Crippen LogP contribution < -0.4 is 5.32 Å². The van der Waals surface area contributed by atoms with Crippen molar-refractivity contribution in [1.29, 1.82) is 0 Å². The highest BCUT2D eigenvalue weighted by molar-refractivity contribution is 5.79. The number of hydrogen-bond donors (Lipinski definition) is 1. The highest BCUT2D eigenvalue weighted by Gasteiger charge is 2.25. The van der Waals surface area contributed by atoms with Crippen molar-refractivity contribution in [3.63, 3.8) is 0 Å². The fourth-order valence-corrected chi connectivity index (χ4v) is 2.31. The third kappa shape index (κ3) is 3.29. The molecule has 1 fully saturated rings. The largest absolute Gasteiger partial charge is 0.355 e. The van der Waals surface area contributed by atoms with Gasteiger partial charge in [-0.2, -0.15) is 0 Å². The first-order valence-electron chi connectivity index (χ1n) is 6.36. The van der Waals surface area contributed by atoms with E-state index < -0.39 is 0 Å². The van der Waals surface area contributed by atoms with Gasteiger partial charge in [0, 0.05) is 13.1 Å². The Balaban J connectivity index is 1.75. The maximum atomic E-state index is 13.3. The Labute approximate surface area is 107 Å². The van der Waals surface area contributed by atoms with E-state index in [-0.39, 0.29) is 17.6 Å². The number of nitrogens with one attached hydrogen (secondary N) is 1. The molecule has 1 atom stereocenters. The van der Waals surface area contributed by atoms with Gasteiger partial charge in [-0.3, -0.25) is 4.79 Å². The second-order valence-electron chi connectivity index (χ2n) is 4.88. The molecule has 0 aromatic heterocycles. The van der Waals surface area contributed by atoms with Crippen LogP contribution >= 0.6 is 0 Å². The van der Waals surface area contributed by atoms with Gasteiger partial charge in [-0.15, -0.1) is 0 Å². The van der Waals surface area contributed by atoms with E-state index in [0.717, 1.165) is 19.5 Å². The van der Waals surface area contributed by atoms with Crippen LogP contribution in [0.2, 0.25) is 0 Å². The Hall–Kier alpha value is -1.42. The van der Waals surface area contributed by atoms with Crippen molar-refractivity contribution in [2.45, 2.75) is 12.8 Å². The van der Waals surface area contributed by atoms with E-state index in [4.69, 9.17) is 0 Å². The lowest BCUT2D eigenvalue weighted by atomic mass is 10.1. The molecule has 0 radical (unpaired) electrons. The Morgan fingerprint density at radius 1 is 1.50 bits per heavy atom. The lowest BCUT2D eigenvalue weighted by Gasteiger charge is -2.11. The van der Waals surface area contributed by atoms with E-state index in [2.05, 4.69) is 10.2 Å². The average Bonchev–Trinajstić information content (AvgIpc) is 2.78. The molecule has 2 rings (SSSR count). The molecule has 0 saturated carbocycles. The van der Waals surface area contributed by atoms with Crippen molar-refractivity contribution in [2.75, 3.05) is 26.7 Å². The number of carbonyl (C=O) groups is 1. The number of nitrogens with zero attached hydrogens (tertiary/aromatic N) is 1. The topological polar surface area (TPSA) is 32.3 Å². The maximum absolute atomic E-state index is 13.3. The number of benzene rings is 1. The minimum absolute atomic E-state index is 0.0932. The van der Waals surface area contributed by atoms with Gasteiger partial charge in [0.05, 0.1) is 5.92 Å². The van der Waals surface area contributed by atoms with Gasteiger partial charge in [0.15, 0.2) is 0 Å². The predicted molar refractivity (Wildman–Crippen MR) is 68.7 cm³/mol. The summed E-state index contributed by atoms with van der Waals surface area (Å²) < 4.78 is 13.3. The molecule has 18 heavy (non-hydrogen) atoms. The fourth-order valence-electron chi connectivity index (χ4n) is 2.31. The van der Waals surface area contributed by atoms with Gasteiger partial charge in [-0.05, 0) is 38.1 Å². The van der Waals surface area contributed by atoms with E-state index in [1.165, 1.54) is 6.07 Å². The summed E-state index contributed by atoms with van der Waals surface area (Å²) in [5.41, 5.74) is 0.654. The Bertz CT molecular complexity index is 422. The molecule has 98 valence electrons. The zero-order chi connectivity index (χ0) is 13.0. The quantitative estimate of drug-likeness (QED) is 0.877. The molecule has 1 heterocycles. The Kier molecular flexibility index (Phi) is 4.31. The van der Waals surface area contributed by atoms with Crippen LogP contribution in [-0.4, -0.2) is 37.5 Å². The van der Waals surface area contributed by atoms with Gasteiger partial charge >= 0.3 is 0 Å². The molecule has 4 heteroatoms. The summed E-state index contributed by atoms with van der Waals surface area (Å²) in [6.07, 6.45) is 1.46. The maximum Gasteiger partial charge on any atom is 0.224 e. The number of likely N-dealkylation sites (tertiary alicyclic amines) is 1. The van der Waals surface area contributed by atoms with Crippen molar-refractivity contribution in [3.8, 4) is 0 Å². The van der Waals surface area contributed by atoms with Gasteiger partial charge < -0.3 is 10.2 Å². The van der Waals surface area contributed by atoms with E-state index in [0.29, 0.717) is 18.5 Å². The molecular weight excluding hydrogens is 231 g/mol. The summed E-state index contributed by atoms with van der Waals surface area (Å²) in [6.45, 7) is 2.30. The smallest absolute Gasteiger partial charge is 0.224 e. The third-order valence-electron chi connectivity index (χ3n) is 3.41. The summed E-state index contributed by atoms with van der Waals surface area (Å²) in [6, 6.07) is 6.69. The Morgan fingerprint density at radius 2 is 2.28 bits per heavy atom. The number of carbonyl (C=O) groups excluding carboxylic acids is 1. The van der Waals surface area contributed by atoms with Gasteiger partial charge in [-0.1, -0.05) is 18.2 Å². The van der Waals surface area contributed by atoms with Crippen LogP contribution in [0.15, 0.2) is 24.3 Å². The molecule has 0 aliphatic carbocycles. The lowest BCUT2D eigenvalue weighted by molar-refractivity contribution is -0.124. The SMILES string of the molecule is CN1CCC(C(=O)NCCc2ccccc2F)C1. The summed E-state index contributed by atoms with van der Waals surface area (Å²) in [5, 5.41) is 2.89. The van der Waals surface area contributed by atoms with Gasteiger partial charge in [0.2, 0.25) is 5.91 Å². The van der Waals surface area contributed by atoms with Crippen molar-refractivity contribution in [3.05, 3.63) is 35.6 Å². The van der Waals surface area contributed by atoms with Gasteiger partial charge in [0.1, 0.15) is 5.82 Å². The van der Waals surface area contributed by atoms with Crippen LogP contribution in [-0.2, 0) is 11.2 Å². The van der Waals surface area contributed by atoms with Crippen LogP contribution in [0.3, 0.4) is 0 Å². The van der Waals surface area contributed by atoms with Crippen LogP contribution in [0.5, 0.6) is 0 Å². The van der Waals surface area contributed by atoms with Crippen LogP contribution in [0, 0.1) is 11.7 Å². The van der Waals surface area contributed by atoms with Crippen molar-refractivity contribution in [1.82, 2.24) is 10.2 Å². The molecule has 3 nitrogen and oxygen atoms in total. The standard InChI is InChI=1S/C14H19FN2O/c1-17-9-7-12(10-17)14(18)16-8-6-11-4-2-3-5-13(11)15/h2-5,12H,6-10H2,1H3,(H,16,18). The molecule has 1 aliphatic rings. The lowest BCUT2D eigenvalue weighted by Crippen LogP contribution is -2.33. The molecule has 1 aromatic rings. The molecular formula is C14H19FN2O. The molecule has 1 aromatic carbocycles. The normalized spacial score (nSPS) is 20.0. The monoisotopic (exact) mass is 250 g/mol. The molecule has 1 aliphatic heterocycles. The van der Waals surface area contributed by atoms with Crippen LogP contribution in [0.4, 0.5) is 4.39 Å². The summed E-state index contributed by atoms with van der Waals surface area (Å²) in [7, 11) is 2.02. The molecule has 0 bridgehead atoms. The highest BCUT2D eigenvalue weighted by atomic mass is 19.1. The second kappa shape index (κ2) is 5.96. The average molecular weight is 250 g/mol. The number of amides is 1. The van der Waals surface area contributed by atoms with Gasteiger partial charge in [-0.25, -0.2) is 4.39 Å². The third-order valence-corrected chi connectivity index (χ3v) is 3.41. The van der Waals surface area contributed by atoms with Crippen molar-refractivity contribution < 1.29 is 9.18 Å². The molecule has 1 N–H and O–H groups in total. The zero-order valence-corrected chi connectivity index (χ0v) is 10.7. The van der Waals surface area contributed by atoms with E-state index in [9.17, 15) is 9.18 Å². The van der Waals surface area contributed by atoms with Crippen LogP contribution in [0.25, 0.3) is 0 Å². The Morgan fingerprint density at radius 3 is 2.94 bits per heavy atom. The minimum atomic E-state index is -0.202. The summed E-state index contributed by atoms with van der Waals surface area (Å²) >= 11 is 0. The first-order chi connectivity index (χ1) is 8.66. The minimum Gasteiger partial charge on any atom is -0.355 e. The van der Waals surface area contributed by atoms with Crippen molar-refractivity contribution >= 4 is 5.91 Å². The first kappa shape index (κ1) is 13.0. The first-order valence-corrected chi connectivity index (χ1v) is 6.36. The van der Waals surface area contributed by atoms with E-state index >= 15 is 0 Å². The number of halogens is 1. The summed E-state index contributed by atoms with van der Waals surface area (Å²) in [4.78, 5) is 14.0. The van der Waals surface area contributed by atoms with E-state index in [1.54, 1.807) is 12.1 Å². The molecule has 1 amide bonds. The molecule has 1 saturated heterocycles. The van der Waals surface area contributed by atoms with Crippen LogP contribution in [0.1, 0.15) is 12.0 Å². The van der Waals surface area contributed by atoms with E-state index in [1.807, 2.05) is 13.1 Å². The predicted octanol–water partition coefficient (Wildman–Crippen LogP) is 1.44. The number of hydrogen-bond acceptors (Lipinski definition) is 2. The second-order valence-corrected chi connectivity index (χ2v) is 4.88. The van der Waals surface area contributed by atoms with Gasteiger partial charge in [0.25, 0.3) is 0 Å². The summed E-state index contributed by atoms with van der Waals surface area (Å²) in [5.74, 6) is -0.0151. The fraction of sp³-hybridized carbons (Fsp3) is 0.500. The highest BCUT2D eigenvalue weighted by Crippen LogP contribution is 2.14. The number of rotatable bonds is 4. The van der Waals surface area contributed by atoms with Crippen molar-refractivity contribution in [2.24, 2.45) is 5.92 Å². The zero-order valence-electron chi connectivity index (χ0n) is 10.7. The molecule has 0 spiro atoms. The molecule has 1 unspecified atom stereocenters.